The molecule has 0 fully saturated rings. The highest BCUT2D eigenvalue weighted by Gasteiger charge is 2.22. The number of nitrogens with two attached hydrogens (primary N) is 1. The van der Waals surface area contributed by atoms with Crippen LogP contribution in [0.3, 0.4) is 0 Å². The van der Waals surface area contributed by atoms with Gasteiger partial charge in [0.2, 0.25) is 0 Å². The van der Waals surface area contributed by atoms with Crippen LogP contribution in [-0.4, -0.2) is 11.1 Å². The third-order valence-electron chi connectivity index (χ3n) is 2.47. The van der Waals surface area contributed by atoms with E-state index in [4.69, 9.17) is 10.8 Å². The number of rotatable bonds is 4. The number of anilines is 1. The number of allylic oxidation sites excluding steroid dienone is 1. The molecule has 1 rings (SSSR count). The lowest BCUT2D eigenvalue weighted by Gasteiger charge is -2.14. The summed E-state index contributed by atoms with van der Waals surface area (Å²) < 4.78 is 13.8. The number of carboxylic acids is 1. The summed E-state index contributed by atoms with van der Waals surface area (Å²) >= 11 is 0. The predicted octanol–water partition coefficient (Wildman–Crippen LogP) is 2.32. The fourth-order valence-corrected chi connectivity index (χ4v) is 1.57. The zero-order valence-electron chi connectivity index (χ0n) is 9.03. The number of carbonyl (C=O) groups is 1. The molecule has 0 heterocycles. The standard InChI is InChI=1S/C12H14FNO2/c1-3-4-8-5-6-9(14)11(13)10(8)7(2)12(15)16/h3,5-7H,1,4,14H2,2H3,(H,15,16). The second kappa shape index (κ2) is 4.79. The third kappa shape index (κ3) is 2.21. The molecule has 0 bridgehead atoms. The summed E-state index contributed by atoms with van der Waals surface area (Å²) in [6.07, 6.45) is 2.02. The van der Waals surface area contributed by atoms with Gasteiger partial charge in [-0.1, -0.05) is 12.1 Å². The fraction of sp³-hybridized carbons (Fsp3) is 0.250. The van der Waals surface area contributed by atoms with Crippen molar-refractivity contribution in [1.82, 2.24) is 0 Å². The van der Waals surface area contributed by atoms with Crippen LogP contribution in [0, 0.1) is 5.82 Å². The molecular formula is C12H14FNO2. The van der Waals surface area contributed by atoms with E-state index in [2.05, 4.69) is 6.58 Å². The average molecular weight is 223 g/mol. The smallest absolute Gasteiger partial charge is 0.310 e. The van der Waals surface area contributed by atoms with Crippen molar-refractivity contribution < 1.29 is 14.3 Å². The minimum atomic E-state index is -1.07. The molecule has 1 aromatic carbocycles. The first kappa shape index (κ1) is 12.2. The van der Waals surface area contributed by atoms with Crippen molar-refractivity contribution in [3.63, 3.8) is 0 Å². The maximum Gasteiger partial charge on any atom is 0.310 e. The quantitative estimate of drug-likeness (QED) is 0.608. The highest BCUT2D eigenvalue weighted by molar-refractivity contribution is 5.77. The number of benzene rings is 1. The van der Waals surface area contributed by atoms with E-state index in [1.54, 1.807) is 12.1 Å². The molecule has 3 nitrogen and oxygen atoms in total. The van der Waals surface area contributed by atoms with E-state index in [0.717, 1.165) is 0 Å². The van der Waals surface area contributed by atoms with Crippen molar-refractivity contribution in [3.8, 4) is 0 Å². The van der Waals surface area contributed by atoms with Gasteiger partial charge >= 0.3 is 5.97 Å². The Morgan fingerprint density at radius 2 is 2.31 bits per heavy atom. The third-order valence-corrected chi connectivity index (χ3v) is 2.47. The van der Waals surface area contributed by atoms with Gasteiger partial charge in [-0.05, 0) is 25.0 Å². The first-order valence-corrected chi connectivity index (χ1v) is 4.89. The van der Waals surface area contributed by atoms with E-state index >= 15 is 0 Å². The fourth-order valence-electron chi connectivity index (χ4n) is 1.57. The molecule has 0 aromatic heterocycles. The van der Waals surface area contributed by atoms with Crippen LogP contribution in [0.15, 0.2) is 24.8 Å². The molecule has 1 unspecified atom stereocenters. The lowest BCUT2D eigenvalue weighted by molar-refractivity contribution is -0.138. The molecule has 0 aliphatic rings. The summed E-state index contributed by atoms with van der Waals surface area (Å²) in [7, 11) is 0. The zero-order valence-corrected chi connectivity index (χ0v) is 9.03. The SMILES string of the molecule is C=CCc1ccc(N)c(F)c1C(C)C(=O)O. The lowest BCUT2D eigenvalue weighted by Crippen LogP contribution is -2.13. The van der Waals surface area contributed by atoms with Gasteiger partial charge < -0.3 is 10.8 Å². The van der Waals surface area contributed by atoms with Crippen molar-refractivity contribution in [1.29, 1.82) is 0 Å². The van der Waals surface area contributed by atoms with Gasteiger partial charge in [0, 0.05) is 5.56 Å². The van der Waals surface area contributed by atoms with Crippen LogP contribution in [-0.2, 0) is 11.2 Å². The van der Waals surface area contributed by atoms with Crippen molar-refractivity contribution in [2.75, 3.05) is 5.73 Å². The number of hydrogen-bond acceptors (Lipinski definition) is 2. The van der Waals surface area contributed by atoms with E-state index in [9.17, 15) is 9.18 Å². The minimum Gasteiger partial charge on any atom is -0.481 e. The average Bonchev–Trinajstić information content (AvgIpc) is 2.23. The normalized spacial score (nSPS) is 12.1. The highest BCUT2D eigenvalue weighted by Crippen LogP contribution is 2.27. The van der Waals surface area contributed by atoms with Gasteiger partial charge in [0.25, 0.3) is 0 Å². The van der Waals surface area contributed by atoms with Gasteiger partial charge in [0.05, 0.1) is 11.6 Å². The molecule has 4 heteroatoms. The number of halogens is 1. The molecule has 86 valence electrons. The number of aliphatic carboxylic acids is 1. The van der Waals surface area contributed by atoms with Gasteiger partial charge in [0.15, 0.2) is 0 Å². The molecule has 0 aliphatic heterocycles. The summed E-state index contributed by atoms with van der Waals surface area (Å²) in [5, 5.41) is 8.91. The molecule has 16 heavy (non-hydrogen) atoms. The maximum atomic E-state index is 13.8. The van der Waals surface area contributed by atoms with Crippen molar-refractivity contribution >= 4 is 11.7 Å². The molecule has 0 saturated carbocycles. The number of hydrogen-bond donors (Lipinski definition) is 2. The van der Waals surface area contributed by atoms with Gasteiger partial charge in [-0.15, -0.1) is 6.58 Å². The monoisotopic (exact) mass is 223 g/mol. The van der Waals surface area contributed by atoms with Crippen molar-refractivity contribution in [3.05, 3.63) is 41.7 Å². The first-order chi connectivity index (χ1) is 7.49. The van der Waals surface area contributed by atoms with Crippen molar-refractivity contribution in [2.24, 2.45) is 0 Å². The predicted molar refractivity (Wildman–Crippen MR) is 60.8 cm³/mol. The number of nitrogen functional groups attached to an aromatic ring is 1. The van der Waals surface area contributed by atoms with Gasteiger partial charge in [-0.25, -0.2) is 4.39 Å². The van der Waals surface area contributed by atoms with Crippen LogP contribution in [0.5, 0.6) is 0 Å². The highest BCUT2D eigenvalue weighted by atomic mass is 19.1. The Bertz CT molecular complexity index is 429. The van der Waals surface area contributed by atoms with Crippen LogP contribution in [0.4, 0.5) is 10.1 Å². The van der Waals surface area contributed by atoms with E-state index in [0.29, 0.717) is 12.0 Å². The lowest BCUT2D eigenvalue weighted by atomic mass is 9.93. The van der Waals surface area contributed by atoms with Gasteiger partial charge in [-0.3, -0.25) is 4.79 Å². The second-order valence-electron chi connectivity index (χ2n) is 3.59. The molecule has 0 saturated heterocycles. The van der Waals surface area contributed by atoms with Crippen LogP contribution in [0.25, 0.3) is 0 Å². The van der Waals surface area contributed by atoms with Gasteiger partial charge in [-0.2, -0.15) is 0 Å². The molecule has 0 aliphatic carbocycles. The summed E-state index contributed by atoms with van der Waals surface area (Å²) in [4.78, 5) is 10.9. The Hall–Kier alpha value is -1.84. The van der Waals surface area contributed by atoms with Crippen LogP contribution >= 0.6 is 0 Å². The molecule has 0 spiro atoms. The largest absolute Gasteiger partial charge is 0.481 e. The molecule has 1 atom stereocenters. The van der Waals surface area contributed by atoms with Crippen LogP contribution in [0.1, 0.15) is 24.0 Å². The molecule has 0 amide bonds. The Morgan fingerprint density at radius 3 is 2.81 bits per heavy atom. The Morgan fingerprint density at radius 1 is 1.69 bits per heavy atom. The van der Waals surface area contributed by atoms with E-state index in [-0.39, 0.29) is 11.3 Å². The summed E-state index contributed by atoms with van der Waals surface area (Å²) in [5.74, 6) is -2.64. The van der Waals surface area contributed by atoms with Crippen LogP contribution in [0.2, 0.25) is 0 Å². The molecule has 0 radical (unpaired) electrons. The molecule has 1 aromatic rings. The summed E-state index contributed by atoms with van der Waals surface area (Å²) in [5.41, 5.74) is 6.15. The topological polar surface area (TPSA) is 63.3 Å². The molecular weight excluding hydrogens is 209 g/mol. The minimum absolute atomic E-state index is 0.0316. The first-order valence-electron chi connectivity index (χ1n) is 4.89. The second-order valence-corrected chi connectivity index (χ2v) is 3.59. The zero-order chi connectivity index (χ0) is 12.3. The summed E-state index contributed by atoms with van der Waals surface area (Å²) in [6.45, 7) is 4.99. The Kier molecular flexibility index (Phi) is 3.66. The maximum absolute atomic E-state index is 13.8. The number of carboxylic acid groups (broad SMARTS) is 1. The Balaban J connectivity index is 3.36. The van der Waals surface area contributed by atoms with Crippen LogP contribution < -0.4 is 5.73 Å². The van der Waals surface area contributed by atoms with E-state index in [1.165, 1.54) is 13.0 Å². The van der Waals surface area contributed by atoms with E-state index < -0.39 is 17.7 Å². The Labute approximate surface area is 93.4 Å². The molecule has 3 N–H and O–H groups in total. The van der Waals surface area contributed by atoms with Crippen molar-refractivity contribution in [2.45, 2.75) is 19.3 Å². The summed E-state index contributed by atoms with van der Waals surface area (Å²) in [6, 6.07) is 3.07. The van der Waals surface area contributed by atoms with E-state index in [1.807, 2.05) is 0 Å². The van der Waals surface area contributed by atoms with Gasteiger partial charge in [0.1, 0.15) is 5.82 Å².